The fourth-order valence-corrected chi connectivity index (χ4v) is 4.82. The smallest absolute Gasteiger partial charge is 0.353 e. The van der Waals surface area contributed by atoms with Crippen molar-refractivity contribution in [3.8, 4) is 17.1 Å². The zero-order chi connectivity index (χ0) is 20.9. The molecule has 2 aliphatic rings. The minimum Gasteiger partial charge on any atom is -0.497 e. The van der Waals surface area contributed by atoms with E-state index in [4.69, 9.17) is 4.74 Å². The van der Waals surface area contributed by atoms with Gasteiger partial charge in [0.1, 0.15) is 11.4 Å². The Kier molecular flexibility index (Phi) is 4.83. The van der Waals surface area contributed by atoms with Crippen molar-refractivity contribution in [2.45, 2.75) is 30.6 Å². The lowest BCUT2D eigenvalue weighted by Gasteiger charge is -2.44. The highest BCUT2D eigenvalue weighted by molar-refractivity contribution is 8.03. The van der Waals surface area contributed by atoms with Gasteiger partial charge >= 0.3 is 5.97 Å². The van der Waals surface area contributed by atoms with Gasteiger partial charge in [-0.2, -0.15) is 5.10 Å². The van der Waals surface area contributed by atoms with Gasteiger partial charge < -0.3 is 19.8 Å². The summed E-state index contributed by atoms with van der Waals surface area (Å²) in [6, 6.07) is 6.99. The Labute approximate surface area is 171 Å². The van der Waals surface area contributed by atoms with Crippen LogP contribution in [0.2, 0.25) is 0 Å². The van der Waals surface area contributed by atoms with Gasteiger partial charge in [-0.3, -0.25) is 4.79 Å². The number of rotatable bonds is 6. The molecule has 1 amide bonds. The van der Waals surface area contributed by atoms with Crippen molar-refractivity contribution in [1.29, 1.82) is 0 Å². The number of nitrogens with zero attached hydrogens (tertiary/aromatic N) is 4. The van der Waals surface area contributed by atoms with Gasteiger partial charge in [0, 0.05) is 23.9 Å². The number of hydrogen-bond acceptors (Lipinski definition) is 7. The molecule has 1 saturated heterocycles. The first-order valence-electron chi connectivity index (χ1n) is 9.02. The molecule has 2 N–H and O–H groups in total. The summed E-state index contributed by atoms with van der Waals surface area (Å²) in [5.74, 6) is -0.852. The Bertz CT molecular complexity index is 1010. The summed E-state index contributed by atoms with van der Waals surface area (Å²) in [4.78, 5) is 30.5. The number of carbonyl (C=O) groups excluding carboxylic acids is 1. The number of thioether (sulfide) groups is 1. The van der Waals surface area contributed by atoms with Crippen molar-refractivity contribution in [3.05, 3.63) is 34.9 Å². The van der Waals surface area contributed by atoms with Crippen LogP contribution in [0.5, 0.6) is 5.75 Å². The van der Waals surface area contributed by atoms with Crippen LogP contribution in [0.4, 0.5) is 0 Å². The zero-order valence-electron chi connectivity index (χ0n) is 16.1. The third-order valence-electron chi connectivity index (χ3n) is 5.18. The summed E-state index contributed by atoms with van der Waals surface area (Å²) in [7, 11) is 3.32. The number of fused-ring (bicyclic) bond motifs is 1. The maximum atomic E-state index is 12.3. The molecule has 0 unspecified atom stereocenters. The molecule has 0 aliphatic carbocycles. The molecule has 9 nitrogen and oxygen atoms in total. The van der Waals surface area contributed by atoms with Gasteiger partial charge in [0.25, 0.3) is 0 Å². The predicted molar refractivity (Wildman–Crippen MR) is 104 cm³/mol. The summed E-state index contributed by atoms with van der Waals surface area (Å²) in [5, 5.41) is 24.4. The highest BCUT2D eigenvalue weighted by Gasteiger charge is 2.56. The maximum absolute atomic E-state index is 12.3. The third-order valence-corrected chi connectivity index (χ3v) is 6.32. The molecule has 0 spiro atoms. The van der Waals surface area contributed by atoms with E-state index in [1.807, 2.05) is 24.3 Å². The van der Waals surface area contributed by atoms with Crippen LogP contribution in [0.1, 0.15) is 13.3 Å². The van der Waals surface area contributed by atoms with E-state index in [-0.39, 0.29) is 17.6 Å². The van der Waals surface area contributed by atoms with Crippen LogP contribution in [-0.2, 0) is 16.6 Å². The summed E-state index contributed by atoms with van der Waals surface area (Å²) in [5.41, 5.74) is 0.774. The Morgan fingerprint density at radius 3 is 2.62 bits per heavy atom. The number of methoxy groups -OCH3 is 1. The number of amides is 1. The van der Waals surface area contributed by atoms with Crippen molar-refractivity contribution in [1.82, 2.24) is 19.7 Å². The molecule has 0 bridgehead atoms. The van der Waals surface area contributed by atoms with Crippen LogP contribution >= 0.6 is 11.8 Å². The van der Waals surface area contributed by atoms with E-state index in [0.717, 1.165) is 11.3 Å². The lowest BCUT2D eigenvalue weighted by molar-refractivity contribution is -0.161. The monoisotopic (exact) mass is 416 g/mol. The molecule has 4 rings (SSSR count). The van der Waals surface area contributed by atoms with Crippen LogP contribution in [0.3, 0.4) is 0 Å². The molecule has 0 saturated carbocycles. The molecule has 10 heteroatoms. The van der Waals surface area contributed by atoms with E-state index in [1.165, 1.54) is 16.7 Å². The van der Waals surface area contributed by atoms with E-state index in [9.17, 15) is 19.8 Å². The molecule has 2 aromatic rings. The Hall–Kier alpha value is -2.85. The van der Waals surface area contributed by atoms with E-state index >= 15 is 0 Å². The first-order valence-corrected chi connectivity index (χ1v) is 9.84. The lowest BCUT2D eigenvalue weighted by Crippen LogP contribution is -2.61. The summed E-state index contributed by atoms with van der Waals surface area (Å²) in [6.45, 7) is 1.55. The highest BCUT2D eigenvalue weighted by atomic mass is 32.2. The summed E-state index contributed by atoms with van der Waals surface area (Å²) in [6.07, 6.45) is -0.446. The first kappa shape index (κ1) is 19.5. The summed E-state index contributed by atoms with van der Waals surface area (Å²) >= 11 is 1.19. The number of carbonyl (C=O) groups is 2. The Morgan fingerprint density at radius 1 is 1.34 bits per heavy atom. The molecular weight excluding hydrogens is 396 g/mol. The van der Waals surface area contributed by atoms with Gasteiger partial charge in [0.15, 0.2) is 11.0 Å². The fraction of sp³-hybridized carbons (Fsp3) is 0.368. The normalized spacial score (nSPS) is 21.8. The molecule has 152 valence electrons. The third kappa shape index (κ3) is 3.18. The minimum atomic E-state index is -1.16. The molecule has 29 heavy (non-hydrogen) atoms. The number of carboxylic acids is 1. The van der Waals surface area contributed by atoms with Gasteiger partial charge in [-0.05, 0) is 31.2 Å². The van der Waals surface area contributed by atoms with Crippen molar-refractivity contribution in [2.75, 3.05) is 7.11 Å². The second-order valence-electron chi connectivity index (χ2n) is 7.00. The number of aliphatic hydroxyl groups excluding tert-OH is 1. The van der Waals surface area contributed by atoms with Crippen LogP contribution in [-0.4, -0.2) is 61.0 Å². The van der Waals surface area contributed by atoms with Crippen LogP contribution in [0, 0.1) is 5.92 Å². The molecule has 0 radical (unpaired) electrons. The SMILES string of the molecule is COc1ccc(-c2nc(SC3=C(C(=O)O)N4C(=O)[C@H]([C@@H](C)O)[C@H]4C3)n(C)n2)cc1. The molecule has 1 fully saturated rings. The largest absolute Gasteiger partial charge is 0.497 e. The number of hydrogen-bond donors (Lipinski definition) is 2. The minimum absolute atomic E-state index is 0.0316. The number of aliphatic carboxylic acids is 1. The lowest BCUT2D eigenvalue weighted by atomic mass is 9.83. The van der Waals surface area contributed by atoms with Crippen molar-refractivity contribution >= 4 is 23.6 Å². The fourth-order valence-electron chi connectivity index (χ4n) is 3.75. The van der Waals surface area contributed by atoms with E-state index in [0.29, 0.717) is 22.3 Å². The predicted octanol–water partition coefficient (Wildman–Crippen LogP) is 1.49. The quantitative estimate of drug-likeness (QED) is 0.680. The van der Waals surface area contributed by atoms with E-state index < -0.39 is 18.0 Å². The van der Waals surface area contributed by atoms with Gasteiger partial charge in [-0.15, -0.1) is 0 Å². The molecule has 2 aliphatic heterocycles. The van der Waals surface area contributed by atoms with Crippen LogP contribution < -0.4 is 4.74 Å². The van der Waals surface area contributed by atoms with Gasteiger partial charge in [0.05, 0.1) is 25.2 Å². The number of ether oxygens (including phenoxy) is 1. The van der Waals surface area contributed by atoms with Crippen molar-refractivity contribution in [3.63, 3.8) is 0 Å². The second kappa shape index (κ2) is 7.20. The second-order valence-corrected chi connectivity index (χ2v) is 8.06. The number of β-lactam (4-membered cyclic amide) rings is 1. The molecule has 3 atom stereocenters. The number of carboxylic acid groups (broad SMARTS) is 1. The number of aryl methyl sites for hydroxylation is 1. The van der Waals surface area contributed by atoms with Gasteiger partial charge in [-0.1, -0.05) is 11.8 Å². The molecule has 1 aromatic heterocycles. The van der Waals surface area contributed by atoms with Crippen LogP contribution in [0.15, 0.2) is 40.0 Å². The molecule has 3 heterocycles. The average Bonchev–Trinajstić information content (AvgIpc) is 3.20. The standard InChI is InChI=1S/C19H20N4O5S/c1-9(24)14-12-8-13(15(18(26)27)23(12)17(14)25)29-19-20-16(21-22(19)2)10-4-6-11(28-3)7-5-10/h4-7,9,12,14,24H,8H2,1-3H3,(H,26,27)/t9-,12-,14-/m1/s1. The average molecular weight is 416 g/mol. The zero-order valence-corrected chi connectivity index (χ0v) is 16.9. The summed E-state index contributed by atoms with van der Waals surface area (Å²) < 4.78 is 6.74. The number of aromatic nitrogens is 3. The highest BCUT2D eigenvalue weighted by Crippen LogP contribution is 2.48. The van der Waals surface area contributed by atoms with Gasteiger partial charge in [-0.25, -0.2) is 14.5 Å². The van der Waals surface area contributed by atoms with Crippen molar-refractivity contribution in [2.24, 2.45) is 13.0 Å². The van der Waals surface area contributed by atoms with Crippen molar-refractivity contribution < 1.29 is 24.5 Å². The Balaban J connectivity index is 1.61. The molecular formula is C19H20N4O5S. The van der Waals surface area contributed by atoms with E-state index in [2.05, 4.69) is 10.1 Å². The first-order chi connectivity index (χ1) is 13.8. The van der Waals surface area contributed by atoms with Gasteiger partial charge in [0.2, 0.25) is 5.91 Å². The topological polar surface area (TPSA) is 118 Å². The Morgan fingerprint density at radius 2 is 2.03 bits per heavy atom. The number of aliphatic hydroxyl groups is 1. The maximum Gasteiger partial charge on any atom is 0.353 e. The number of benzene rings is 1. The van der Waals surface area contributed by atoms with Crippen LogP contribution in [0.25, 0.3) is 11.4 Å². The molecule has 1 aromatic carbocycles. The van der Waals surface area contributed by atoms with E-state index in [1.54, 1.807) is 25.8 Å².